The maximum atomic E-state index is 12.6. The molecule has 1 aliphatic heterocycles. The fourth-order valence-electron chi connectivity index (χ4n) is 3.75. The molecule has 0 spiro atoms. The zero-order valence-corrected chi connectivity index (χ0v) is 16.8. The first-order valence-electron chi connectivity index (χ1n) is 9.25. The molecule has 1 saturated heterocycles. The predicted molar refractivity (Wildman–Crippen MR) is 100 cm³/mol. The summed E-state index contributed by atoms with van der Waals surface area (Å²) in [7, 11) is 0. The van der Waals surface area contributed by atoms with E-state index in [9.17, 15) is 14.9 Å². The first-order valence-corrected chi connectivity index (χ1v) is 9.25. The third-order valence-electron chi connectivity index (χ3n) is 4.69. The molecule has 8 nitrogen and oxygen atoms in total. The first kappa shape index (κ1) is 21.1. The molecule has 1 N–H and O–H groups in total. The van der Waals surface area contributed by atoms with E-state index >= 15 is 0 Å². The molecule has 150 valence electrons. The van der Waals surface area contributed by atoms with Gasteiger partial charge in [-0.05, 0) is 32.3 Å². The summed E-state index contributed by atoms with van der Waals surface area (Å²) in [4.78, 5) is 28.6. The molecule has 1 aliphatic rings. The topological polar surface area (TPSA) is 104 Å². The summed E-state index contributed by atoms with van der Waals surface area (Å²) in [6.07, 6.45) is 1.45. The normalized spacial score (nSPS) is 25.4. The van der Waals surface area contributed by atoms with Crippen LogP contribution >= 0.6 is 0 Å². The number of rotatable bonds is 6. The van der Waals surface area contributed by atoms with Crippen molar-refractivity contribution in [1.29, 1.82) is 0 Å². The van der Waals surface area contributed by atoms with E-state index < -0.39 is 35.4 Å². The SMILES string of the molecule is CCOC(=O)[C@H]1N[C@@H](c2cccnc2OC(C)C)[C@@H]([N+](=O)[O-])[C@@H]1C(C)(C)C. The van der Waals surface area contributed by atoms with Gasteiger partial charge in [-0.1, -0.05) is 26.8 Å². The second kappa shape index (κ2) is 8.21. The van der Waals surface area contributed by atoms with Crippen LogP contribution in [0.4, 0.5) is 0 Å². The summed E-state index contributed by atoms with van der Waals surface area (Å²) in [6, 6.07) is 0.966. The van der Waals surface area contributed by atoms with Crippen LogP contribution in [0.1, 0.15) is 53.1 Å². The Bertz CT molecular complexity index is 686. The van der Waals surface area contributed by atoms with Crippen LogP contribution in [0.3, 0.4) is 0 Å². The molecule has 8 heteroatoms. The Morgan fingerprint density at radius 2 is 2.07 bits per heavy atom. The average Bonchev–Trinajstić information content (AvgIpc) is 2.96. The van der Waals surface area contributed by atoms with Crippen molar-refractivity contribution < 1.29 is 19.2 Å². The van der Waals surface area contributed by atoms with E-state index in [1.165, 1.54) is 0 Å². The minimum absolute atomic E-state index is 0.131. The van der Waals surface area contributed by atoms with Gasteiger partial charge < -0.3 is 9.47 Å². The van der Waals surface area contributed by atoms with Crippen molar-refractivity contribution in [1.82, 2.24) is 10.3 Å². The second-order valence-corrected chi connectivity index (χ2v) is 8.11. The van der Waals surface area contributed by atoms with Gasteiger partial charge in [0, 0.05) is 16.7 Å². The maximum Gasteiger partial charge on any atom is 0.323 e. The van der Waals surface area contributed by atoms with Crippen LogP contribution < -0.4 is 10.1 Å². The van der Waals surface area contributed by atoms with Gasteiger partial charge in [-0.3, -0.25) is 20.2 Å². The molecule has 0 unspecified atom stereocenters. The van der Waals surface area contributed by atoms with Gasteiger partial charge in [0.15, 0.2) is 0 Å². The highest BCUT2D eigenvalue weighted by Gasteiger charge is 2.58. The lowest BCUT2D eigenvalue weighted by molar-refractivity contribution is -0.535. The largest absolute Gasteiger partial charge is 0.475 e. The van der Waals surface area contributed by atoms with Gasteiger partial charge in [0.25, 0.3) is 0 Å². The molecule has 1 aromatic heterocycles. The van der Waals surface area contributed by atoms with Crippen molar-refractivity contribution in [2.24, 2.45) is 11.3 Å². The molecule has 0 bridgehead atoms. The van der Waals surface area contributed by atoms with Crippen molar-refractivity contribution >= 4 is 5.97 Å². The maximum absolute atomic E-state index is 12.6. The Morgan fingerprint density at radius 3 is 2.59 bits per heavy atom. The molecular weight excluding hydrogens is 350 g/mol. The van der Waals surface area contributed by atoms with Gasteiger partial charge in [-0.25, -0.2) is 4.98 Å². The summed E-state index contributed by atoms with van der Waals surface area (Å²) in [6.45, 7) is 11.4. The molecule has 0 aliphatic carbocycles. The third kappa shape index (κ3) is 4.55. The highest BCUT2D eigenvalue weighted by molar-refractivity contribution is 5.77. The molecular formula is C19H29N3O5. The van der Waals surface area contributed by atoms with Crippen LogP contribution in [-0.2, 0) is 9.53 Å². The zero-order chi connectivity index (χ0) is 20.4. The number of nitrogens with one attached hydrogen (secondary N) is 1. The number of hydrogen-bond acceptors (Lipinski definition) is 7. The van der Waals surface area contributed by atoms with Crippen LogP contribution in [0.15, 0.2) is 18.3 Å². The van der Waals surface area contributed by atoms with E-state index in [1.54, 1.807) is 25.3 Å². The molecule has 2 heterocycles. The van der Waals surface area contributed by atoms with Crippen molar-refractivity contribution in [3.05, 3.63) is 34.0 Å². The summed E-state index contributed by atoms with van der Waals surface area (Å²) >= 11 is 0. The van der Waals surface area contributed by atoms with Gasteiger partial charge in [0.05, 0.1) is 18.6 Å². The Kier molecular flexibility index (Phi) is 6.41. The minimum atomic E-state index is -1.02. The molecule has 0 saturated carbocycles. The summed E-state index contributed by atoms with van der Waals surface area (Å²) in [5.74, 6) is -0.681. The Morgan fingerprint density at radius 1 is 1.41 bits per heavy atom. The lowest BCUT2D eigenvalue weighted by atomic mass is 9.73. The number of esters is 1. The number of nitrogens with zero attached hydrogens (tertiary/aromatic N) is 2. The summed E-state index contributed by atoms with van der Waals surface area (Å²) < 4.78 is 10.9. The van der Waals surface area contributed by atoms with Gasteiger partial charge in [-0.2, -0.15) is 0 Å². The smallest absolute Gasteiger partial charge is 0.323 e. The first-order chi connectivity index (χ1) is 12.6. The molecule has 1 fully saturated rings. The number of carbonyl (C=O) groups excluding carboxylic acids is 1. The van der Waals surface area contributed by atoms with Gasteiger partial charge in [-0.15, -0.1) is 0 Å². The zero-order valence-electron chi connectivity index (χ0n) is 16.8. The number of nitro groups is 1. The molecule has 4 atom stereocenters. The lowest BCUT2D eigenvalue weighted by Crippen LogP contribution is -2.45. The summed E-state index contributed by atoms with van der Waals surface area (Å²) in [5, 5.41) is 15.2. The lowest BCUT2D eigenvalue weighted by Gasteiger charge is -2.31. The molecule has 2 rings (SSSR count). The quantitative estimate of drug-likeness (QED) is 0.460. The monoisotopic (exact) mass is 379 g/mol. The van der Waals surface area contributed by atoms with Crippen LogP contribution in [0, 0.1) is 21.4 Å². The number of pyridine rings is 1. The fourth-order valence-corrected chi connectivity index (χ4v) is 3.75. The fraction of sp³-hybridized carbons (Fsp3) is 0.684. The van der Waals surface area contributed by atoms with Crippen molar-refractivity contribution in [3.63, 3.8) is 0 Å². The molecule has 1 aromatic rings. The Hall–Kier alpha value is -2.22. The van der Waals surface area contributed by atoms with Gasteiger partial charge >= 0.3 is 5.97 Å². The number of carbonyl (C=O) groups is 1. The second-order valence-electron chi connectivity index (χ2n) is 8.11. The summed E-state index contributed by atoms with van der Waals surface area (Å²) in [5.41, 5.74) is 0.0898. The number of hydrogen-bond donors (Lipinski definition) is 1. The van der Waals surface area contributed by atoms with Crippen LogP contribution in [0.5, 0.6) is 5.88 Å². The molecule has 0 radical (unpaired) electrons. The van der Waals surface area contributed by atoms with Crippen LogP contribution in [-0.4, -0.2) is 40.7 Å². The highest BCUT2D eigenvalue weighted by atomic mass is 16.6. The van der Waals surface area contributed by atoms with Crippen LogP contribution in [0.25, 0.3) is 0 Å². The van der Waals surface area contributed by atoms with E-state index in [1.807, 2.05) is 34.6 Å². The van der Waals surface area contributed by atoms with Gasteiger partial charge in [0.2, 0.25) is 11.9 Å². The molecule has 0 aromatic carbocycles. The van der Waals surface area contributed by atoms with E-state index in [-0.39, 0.29) is 17.6 Å². The van der Waals surface area contributed by atoms with E-state index in [0.717, 1.165) is 0 Å². The predicted octanol–water partition coefficient (Wildman–Crippen LogP) is 2.75. The van der Waals surface area contributed by atoms with E-state index in [4.69, 9.17) is 9.47 Å². The van der Waals surface area contributed by atoms with Gasteiger partial charge in [0.1, 0.15) is 12.1 Å². The Labute approximate surface area is 159 Å². The minimum Gasteiger partial charge on any atom is -0.475 e. The van der Waals surface area contributed by atoms with Crippen molar-refractivity contribution in [2.45, 2.75) is 65.8 Å². The third-order valence-corrected chi connectivity index (χ3v) is 4.69. The van der Waals surface area contributed by atoms with Crippen molar-refractivity contribution in [3.8, 4) is 5.88 Å². The average molecular weight is 379 g/mol. The van der Waals surface area contributed by atoms with E-state index in [2.05, 4.69) is 10.3 Å². The van der Waals surface area contributed by atoms with Crippen LogP contribution in [0.2, 0.25) is 0 Å². The Balaban J connectivity index is 2.53. The molecule has 27 heavy (non-hydrogen) atoms. The highest BCUT2D eigenvalue weighted by Crippen LogP contribution is 2.45. The number of aromatic nitrogens is 1. The molecule has 0 amide bonds. The van der Waals surface area contributed by atoms with E-state index in [0.29, 0.717) is 11.4 Å². The number of ether oxygens (including phenoxy) is 2. The van der Waals surface area contributed by atoms with Crippen molar-refractivity contribution in [2.75, 3.05) is 6.61 Å². The standard InChI is InChI=1S/C19H29N3O5/c1-7-26-18(23)15-13(19(4,5)6)16(22(24)25)14(21-15)12-9-8-10-20-17(12)27-11(2)3/h8-11,13-16,21H,7H2,1-6H3/t13-,14+,15+,16+/m1/s1.